The van der Waals surface area contributed by atoms with Crippen LogP contribution in [0.15, 0.2) is 83.5 Å². The molecule has 9 nitrogen and oxygen atoms in total. The molecular formula is C30H28ClN3O6. The molecule has 0 saturated heterocycles. The van der Waals surface area contributed by atoms with Crippen LogP contribution in [-0.2, 0) is 14.3 Å². The van der Waals surface area contributed by atoms with Crippen molar-refractivity contribution >= 4 is 52.4 Å². The van der Waals surface area contributed by atoms with Gasteiger partial charge in [-0.25, -0.2) is 9.69 Å². The van der Waals surface area contributed by atoms with E-state index in [0.29, 0.717) is 29.1 Å². The minimum absolute atomic E-state index is 0.0474. The molecule has 0 aliphatic carbocycles. The van der Waals surface area contributed by atoms with Crippen molar-refractivity contribution in [2.24, 2.45) is 0 Å². The van der Waals surface area contributed by atoms with Crippen molar-refractivity contribution < 1.29 is 28.7 Å². The molecule has 40 heavy (non-hydrogen) atoms. The number of esters is 1. The van der Waals surface area contributed by atoms with Gasteiger partial charge >= 0.3 is 5.97 Å². The number of amides is 3. The van der Waals surface area contributed by atoms with Crippen LogP contribution in [0.2, 0.25) is 0 Å². The van der Waals surface area contributed by atoms with Gasteiger partial charge in [0.2, 0.25) is 0 Å². The molecule has 0 atom stereocenters. The standard InChI is InChI=1S/C30H28ClN3O6/c1-4-16-39-30(38)20-6-5-7-23(17-20)34-28(36)25(31)26(29(34)37)32-21-10-8-19(9-11-21)27(35)33-22-12-14-24(15-13-22)40-18(2)3/h5-15,17-18,32H,4,16H2,1-3H3,(H,33,35). The molecule has 1 heterocycles. The maximum Gasteiger partial charge on any atom is 0.338 e. The van der Waals surface area contributed by atoms with E-state index in [2.05, 4.69) is 10.6 Å². The Labute approximate surface area is 236 Å². The zero-order chi connectivity index (χ0) is 28.8. The number of nitrogens with one attached hydrogen (secondary N) is 2. The summed E-state index contributed by atoms with van der Waals surface area (Å²) >= 11 is 6.24. The van der Waals surface area contributed by atoms with Crippen LogP contribution >= 0.6 is 11.6 Å². The molecule has 1 aliphatic rings. The van der Waals surface area contributed by atoms with Crippen molar-refractivity contribution in [2.75, 3.05) is 22.1 Å². The molecule has 2 N–H and O–H groups in total. The van der Waals surface area contributed by atoms with Crippen LogP contribution in [0.5, 0.6) is 5.75 Å². The molecule has 0 aromatic heterocycles. The summed E-state index contributed by atoms with van der Waals surface area (Å²) < 4.78 is 10.7. The summed E-state index contributed by atoms with van der Waals surface area (Å²) in [5.41, 5.74) is 1.71. The van der Waals surface area contributed by atoms with Crippen LogP contribution in [-0.4, -0.2) is 36.4 Å². The van der Waals surface area contributed by atoms with Crippen LogP contribution in [0.4, 0.5) is 17.1 Å². The average molecular weight is 562 g/mol. The Kier molecular flexibility index (Phi) is 8.86. The Balaban J connectivity index is 1.42. The first-order valence-corrected chi connectivity index (χ1v) is 13.1. The number of rotatable bonds is 10. The lowest BCUT2D eigenvalue weighted by Crippen LogP contribution is -2.32. The van der Waals surface area contributed by atoms with Crippen molar-refractivity contribution in [3.05, 3.63) is 94.7 Å². The van der Waals surface area contributed by atoms with Gasteiger partial charge in [0.1, 0.15) is 16.5 Å². The third-order valence-electron chi connectivity index (χ3n) is 5.71. The number of benzene rings is 3. The first-order valence-electron chi connectivity index (χ1n) is 12.7. The van der Waals surface area contributed by atoms with E-state index in [9.17, 15) is 19.2 Å². The summed E-state index contributed by atoms with van der Waals surface area (Å²) in [6, 6.07) is 19.4. The van der Waals surface area contributed by atoms with Crippen molar-refractivity contribution in [3.8, 4) is 5.75 Å². The third kappa shape index (κ3) is 6.50. The number of ether oxygens (including phenoxy) is 2. The highest BCUT2D eigenvalue weighted by Gasteiger charge is 2.39. The van der Waals surface area contributed by atoms with Crippen LogP contribution < -0.4 is 20.3 Å². The summed E-state index contributed by atoms with van der Waals surface area (Å²) in [5, 5.41) is 5.39. The van der Waals surface area contributed by atoms with E-state index in [1.807, 2.05) is 20.8 Å². The zero-order valence-electron chi connectivity index (χ0n) is 22.2. The molecule has 0 unspecified atom stereocenters. The molecule has 3 aromatic rings. The van der Waals surface area contributed by atoms with Crippen molar-refractivity contribution in [1.82, 2.24) is 0 Å². The Morgan fingerprint density at radius 2 is 1.57 bits per heavy atom. The molecule has 206 valence electrons. The Morgan fingerprint density at radius 1 is 0.900 bits per heavy atom. The highest BCUT2D eigenvalue weighted by molar-refractivity contribution is 6.53. The van der Waals surface area contributed by atoms with Gasteiger partial charge in [-0.05, 0) is 87.0 Å². The normalized spacial score (nSPS) is 13.1. The van der Waals surface area contributed by atoms with Gasteiger partial charge in [-0.3, -0.25) is 14.4 Å². The molecule has 3 amide bonds. The van der Waals surface area contributed by atoms with Gasteiger partial charge in [0.25, 0.3) is 17.7 Å². The number of halogens is 1. The van der Waals surface area contributed by atoms with Gasteiger partial charge in [-0.1, -0.05) is 24.6 Å². The van der Waals surface area contributed by atoms with Crippen molar-refractivity contribution in [1.29, 1.82) is 0 Å². The average Bonchev–Trinajstić information content (AvgIpc) is 3.15. The quantitative estimate of drug-likeness (QED) is 0.240. The zero-order valence-corrected chi connectivity index (χ0v) is 23.0. The van der Waals surface area contributed by atoms with Gasteiger partial charge in [-0.15, -0.1) is 0 Å². The Hall–Kier alpha value is -4.63. The number of anilines is 3. The summed E-state index contributed by atoms with van der Waals surface area (Å²) in [7, 11) is 0. The monoisotopic (exact) mass is 561 g/mol. The van der Waals surface area contributed by atoms with Crippen molar-refractivity contribution in [2.45, 2.75) is 33.3 Å². The third-order valence-corrected chi connectivity index (χ3v) is 6.06. The van der Waals surface area contributed by atoms with E-state index < -0.39 is 17.8 Å². The predicted molar refractivity (Wildman–Crippen MR) is 153 cm³/mol. The van der Waals surface area contributed by atoms with E-state index >= 15 is 0 Å². The maximum absolute atomic E-state index is 13.2. The largest absolute Gasteiger partial charge is 0.491 e. The Bertz CT molecular complexity index is 1470. The van der Waals surface area contributed by atoms with Crippen molar-refractivity contribution in [3.63, 3.8) is 0 Å². The molecule has 4 rings (SSSR count). The number of carbonyl (C=O) groups excluding carboxylic acids is 4. The molecule has 0 spiro atoms. The predicted octanol–water partition coefficient (Wildman–Crippen LogP) is 5.73. The van der Waals surface area contributed by atoms with Gasteiger partial charge in [-0.2, -0.15) is 0 Å². The van der Waals surface area contributed by atoms with E-state index in [0.717, 1.165) is 4.90 Å². The second-order valence-electron chi connectivity index (χ2n) is 9.17. The fourth-order valence-electron chi connectivity index (χ4n) is 3.84. The van der Waals surface area contributed by atoms with Gasteiger partial charge in [0.15, 0.2) is 0 Å². The van der Waals surface area contributed by atoms with Gasteiger partial charge in [0, 0.05) is 16.9 Å². The number of carbonyl (C=O) groups is 4. The highest BCUT2D eigenvalue weighted by atomic mass is 35.5. The summed E-state index contributed by atoms with van der Waals surface area (Å²) in [4.78, 5) is 51.8. The van der Waals surface area contributed by atoms with Gasteiger partial charge in [0.05, 0.1) is 24.0 Å². The van der Waals surface area contributed by atoms with E-state index in [1.54, 1.807) is 54.6 Å². The second kappa shape index (κ2) is 12.5. The number of hydrogen-bond acceptors (Lipinski definition) is 7. The molecule has 10 heteroatoms. The number of hydrogen-bond donors (Lipinski definition) is 2. The van der Waals surface area contributed by atoms with E-state index in [4.69, 9.17) is 21.1 Å². The molecule has 0 bridgehead atoms. The highest BCUT2D eigenvalue weighted by Crippen LogP contribution is 2.31. The van der Waals surface area contributed by atoms with Crippen LogP contribution in [0, 0.1) is 0 Å². The SMILES string of the molecule is CCCOC(=O)c1cccc(N2C(=O)C(Cl)=C(Nc3ccc(C(=O)Nc4ccc(OC(C)C)cc4)cc3)C2=O)c1. The van der Waals surface area contributed by atoms with Crippen LogP contribution in [0.25, 0.3) is 0 Å². The first kappa shape index (κ1) is 28.4. The lowest BCUT2D eigenvalue weighted by Gasteiger charge is -2.16. The molecule has 0 saturated carbocycles. The van der Waals surface area contributed by atoms with E-state index in [-0.39, 0.29) is 40.6 Å². The van der Waals surface area contributed by atoms with E-state index in [1.165, 1.54) is 18.2 Å². The molecular weight excluding hydrogens is 534 g/mol. The number of imide groups is 1. The number of nitrogens with zero attached hydrogens (tertiary/aromatic N) is 1. The minimum Gasteiger partial charge on any atom is -0.491 e. The summed E-state index contributed by atoms with van der Waals surface area (Å²) in [5.74, 6) is -1.58. The van der Waals surface area contributed by atoms with Crippen LogP contribution in [0.1, 0.15) is 47.9 Å². The Morgan fingerprint density at radius 3 is 2.23 bits per heavy atom. The van der Waals surface area contributed by atoms with Crippen LogP contribution in [0.3, 0.4) is 0 Å². The molecule has 0 radical (unpaired) electrons. The first-order chi connectivity index (χ1) is 19.2. The molecule has 3 aromatic carbocycles. The lowest BCUT2D eigenvalue weighted by atomic mass is 10.1. The molecule has 1 aliphatic heterocycles. The topological polar surface area (TPSA) is 114 Å². The fourth-order valence-corrected chi connectivity index (χ4v) is 4.05. The summed E-state index contributed by atoms with van der Waals surface area (Å²) in [6.07, 6.45) is 0.711. The lowest BCUT2D eigenvalue weighted by molar-refractivity contribution is -0.120. The van der Waals surface area contributed by atoms with Gasteiger partial charge < -0.3 is 20.1 Å². The minimum atomic E-state index is -0.728. The fraction of sp³-hybridized carbons (Fsp3) is 0.200. The summed E-state index contributed by atoms with van der Waals surface area (Å²) in [6.45, 7) is 6.00. The molecule has 0 fully saturated rings. The smallest absolute Gasteiger partial charge is 0.338 e. The maximum atomic E-state index is 13.2. The second-order valence-corrected chi connectivity index (χ2v) is 9.55.